The van der Waals surface area contributed by atoms with Gasteiger partial charge in [0.2, 0.25) is 5.95 Å². The summed E-state index contributed by atoms with van der Waals surface area (Å²) in [5.74, 6) is 0.927. The van der Waals surface area contributed by atoms with Crippen molar-refractivity contribution >= 4 is 43.5 Å². The minimum Gasteiger partial charge on any atom is -0.325 e. The third kappa shape index (κ3) is 3.09. The summed E-state index contributed by atoms with van der Waals surface area (Å²) in [5.41, 5.74) is 1.03. The van der Waals surface area contributed by atoms with Gasteiger partial charge in [0, 0.05) is 27.4 Å². The second-order valence-corrected chi connectivity index (χ2v) is 6.97. The first-order valence-electron chi connectivity index (χ1n) is 6.99. The van der Waals surface area contributed by atoms with Gasteiger partial charge in [-0.2, -0.15) is 0 Å². The summed E-state index contributed by atoms with van der Waals surface area (Å²) in [6, 6.07) is 6.69. The maximum atomic E-state index is 4.47. The van der Waals surface area contributed by atoms with Gasteiger partial charge in [-0.15, -0.1) is 0 Å². The summed E-state index contributed by atoms with van der Waals surface area (Å²) in [6.45, 7) is 0. The van der Waals surface area contributed by atoms with Gasteiger partial charge in [-0.05, 0) is 47.0 Å². The molecule has 3 nitrogen and oxygen atoms in total. The van der Waals surface area contributed by atoms with Gasteiger partial charge in [0.15, 0.2) is 0 Å². The maximum absolute atomic E-state index is 4.47. The molecule has 1 N–H and O–H groups in total. The molecular formula is C15H17Br2N3. The summed E-state index contributed by atoms with van der Waals surface area (Å²) >= 11 is 7.08. The second-order valence-electron chi connectivity index (χ2n) is 5.20. The summed E-state index contributed by atoms with van der Waals surface area (Å²) in [4.78, 5) is 4.47. The topological polar surface area (TPSA) is 29.9 Å². The van der Waals surface area contributed by atoms with Crippen LogP contribution in [0.3, 0.4) is 0 Å². The van der Waals surface area contributed by atoms with Crippen molar-refractivity contribution in [3.05, 3.63) is 39.5 Å². The van der Waals surface area contributed by atoms with E-state index in [2.05, 4.69) is 59.0 Å². The van der Waals surface area contributed by atoms with Gasteiger partial charge in [-0.3, -0.25) is 0 Å². The van der Waals surface area contributed by atoms with Crippen LogP contribution in [0.25, 0.3) is 0 Å². The molecule has 0 unspecified atom stereocenters. The van der Waals surface area contributed by atoms with Crippen molar-refractivity contribution in [2.75, 3.05) is 5.32 Å². The predicted octanol–water partition coefficient (Wildman–Crippen LogP) is 5.66. The average molecular weight is 399 g/mol. The fourth-order valence-electron chi connectivity index (χ4n) is 2.78. The number of nitrogens with zero attached hydrogens (tertiary/aromatic N) is 2. The molecule has 3 rings (SSSR count). The molecule has 106 valence electrons. The summed E-state index contributed by atoms with van der Waals surface area (Å²) < 4.78 is 4.38. The van der Waals surface area contributed by atoms with Gasteiger partial charge in [0.05, 0.1) is 5.69 Å². The molecule has 1 heterocycles. The Kier molecular flexibility index (Phi) is 4.46. The van der Waals surface area contributed by atoms with Crippen LogP contribution in [0.5, 0.6) is 0 Å². The molecule has 0 spiro atoms. The number of nitrogens with one attached hydrogen (secondary N) is 1. The van der Waals surface area contributed by atoms with Crippen LogP contribution >= 0.6 is 31.9 Å². The van der Waals surface area contributed by atoms with E-state index in [1.165, 1.54) is 32.1 Å². The molecule has 1 saturated carbocycles. The Morgan fingerprint density at radius 3 is 2.75 bits per heavy atom. The van der Waals surface area contributed by atoms with Crippen molar-refractivity contribution in [2.45, 2.75) is 38.1 Å². The highest BCUT2D eigenvalue weighted by molar-refractivity contribution is 9.11. The fraction of sp³-hybridized carbons (Fsp3) is 0.400. The van der Waals surface area contributed by atoms with Crippen LogP contribution in [-0.4, -0.2) is 9.55 Å². The Morgan fingerprint density at radius 1 is 1.15 bits per heavy atom. The minimum atomic E-state index is 0.583. The van der Waals surface area contributed by atoms with E-state index in [4.69, 9.17) is 0 Å². The zero-order chi connectivity index (χ0) is 13.9. The molecule has 0 amide bonds. The third-order valence-electron chi connectivity index (χ3n) is 3.81. The van der Waals surface area contributed by atoms with Gasteiger partial charge in [-0.25, -0.2) is 4.98 Å². The zero-order valence-electron chi connectivity index (χ0n) is 11.1. The number of aromatic nitrogens is 2. The Morgan fingerprint density at radius 2 is 1.95 bits per heavy atom. The Hall–Kier alpha value is -0.810. The fourth-order valence-corrected chi connectivity index (χ4v) is 3.48. The van der Waals surface area contributed by atoms with E-state index in [1.54, 1.807) is 0 Å². The number of imidazole rings is 1. The molecule has 0 radical (unpaired) electrons. The van der Waals surface area contributed by atoms with Crippen molar-refractivity contribution in [1.82, 2.24) is 9.55 Å². The molecule has 1 aliphatic rings. The van der Waals surface area contributed by atoms with Crippen molar-refractivity contribution in [3.63, 3.8) is 0 Å². The molecule has 1 aromatic heterocycles. The minimum absolute atomic E-state index is 0.583. The second kappa shape index (κ2) is 6.31. The lowest BCUT2D eigenvalue weighted by molar-refractivity contribution is 0.356. The molecule has 0 bridgehead atoms. The number of halogens is 2. The highest BCUT2D eigenvalue weighted by Crippen LogP contribution is 2.33. The van der Waals surface area contributed by atoms with E-state index in [-0.39, 0.29) is 0 Å². The molecule has 0 aliphatic heterocycles. The number of benzene rings is 1. The quantitative estimate of drug-likeness (QED) is 0.722. The summed E-state index contributed by atoms with van der Waals surface area (Å²) in [6.07, 6.45) is 10.5. The van der Waals surface area contributed by atoms with Crippen molar-refractivity contribution < 1.29 is 0 Å². The van der Waals surface area contributed by atoms with Gasteiger partial charge < -0.3 is 9.88 Å². The molecule has 0 saturated heterocycles. The summed E-state index contributed by atoms with van der Waals surface area (Å²) in [5, 5.41) is 3.43. The highest BCUT2D eigenvalue weighted by atomic mass is 79.9. The number of anilines is 2. The lowest BCUT2D eigenvalue weighted by atomic mass is 9.95. The molecule has 20 heavy (non-hydrogen) atoms. The average Bonchev–Trinajstić information content (AvgIpc) is 2.92. The van der Waals surface area contributed by atoms with Gasteiger partial charge in [0.25, 0.3) is 0 Å². The smallest absolute Gasteiger partial charge is 0.207 e. The van der Waals surface area contributed by atoms with Crippen LogP contribution in [0.4, 0.5) is 11.6 Å². The number of rotatable bonds is 3. The van der Waals surface area contributed by atoms with E-state index in [0.717, 1.165) is 20.6 Å². The van der Waals surface area contributed by atoms with Crippen molar-refractivity contribution in [1.29, 1.82) is 0 Å². The van der Waals surface area contributed by atoms with E-state index >= 15 is 0 Å². The third-order valence-corrected chi connectivity index (χ3v) is 5.00. The van der Waals surface area contributed by atoms with Crippen LogP contribution in [0.2, 0.25) is 0 Å². The molecule has 1 fully saturated rings. The first-order chi connectivity index (χ1) is 9.74. The normalized spacial score (nSPS) is 16.3. The van der Waals surface area contributed by atoms with E-state index in [1.807, 2.05) is 18.3 Å². The SMILES string of the molecule is Brc1ccc(Br)c(Nc2nccn2C2CCCCC2)c1. The number of hydrogen-bond donors (Lipinski definition) is 1. The lowest BCUT2D eigenvalue weighted by Crippen LogP contribution is -2.14. The largest absolute Gasteiger partial charge is 0.325 e. The first-order valence-corrected chi connectivity index (χ1v) is 8.57. The van der Waals surface area contributed by atoms with Gasteiger partial charge >= 0.3 is 0 Å². The zero-order valence-corrected chi connectivity index (χ0v) is 14.3. The van der Waals surface area contributed by atoms with E-state index < -0.39 is 0 Å². The van der Waals surface area contributed by atoms with E-state index in [9.17, 15) is 0 Å². The molecule has 0 atom stereocenters. The Bertz CT molecular complexity index is 589. The van der Waals surface area contributed by atoms with Crippen LogP contribution in [0, 0.1) is 0 Å². The van der Waals surface area contributed by atoms with Crippen molar-refractivity contribution in [2.24, 2.45) is 0 Å². The first kappa shape index (κ1) is 14.1. The maximum Gasteiger partial charge on any atom is 0.207 e. The van der Waals surface area contributed by atoms with Crippen molar-refractivity contribution in [3.8, 4) is 0 Å². The van der Waals surface area contributed by atoms with E-state index in [0.29, 0.717) is 6.04 Å². The molecule has 5 heteroatoms. The number of hydrogen-bond acceptors (Lipinski definition) is 2. The molecular weight excluding hydrogens is 382 g/mol. The monoisotopic (exact) mass is 397 g/mol. The van der Waals surface area contributed by atoms with Gasteiger partial charge in [0.1, 0.15) is 0 Å². The lowest BCUT2D eigenvalue weighted by Gasteiger charge is -2.25. The van der Waals surface area contributed by atoms with Crippen LogP contribution < -0.4 is 5.32 Å². The summed E-state index contributed by atoms with van der Waals surface area (Å²) in [7, 11) is 0. The van der Waals surface area contributed by atoms with Gasteiger partial charge in [-0.1, -0.05) is 35.2 Å². The molecule has 1 aliphatic carbocycles. The standard InChI is InChI=1S/C15H17Br2N3/c16-11-6-7-13(17)14(10-11)19-15-18-8-9-20(15)12-4-2-1-3-5-12/h6-10,12H,1-5H2,(H,18,19). The van der Waals surface area contributed by atoms with Crippen LogP contribution in [0.1, 0.15) is 38.1 Å². The van der Waals surface area contributed by atoms with Crippen LogP contribution in [0.15, 0.2) is 39.5 Å². The molecule has 1 aromatic carbocycles. The van der Waals surface area contributed by atoms with Crippen LogP contribution in [-0.2, 0) is 0 Å². The molecule has 2 aromatic rings. The highest BCUT2D eigenvalue weighted by Gasteiger charge is 2.18. The predicted molar refractivity (Wildman–Crippen MR) is 89.5 cm³/mol. The Labute approximate surface area is 136 Å². The Balaban J connectivity index is 1.84.